The van der Waals surface area contributed by atoms with Gasteiger partial charge in [-0.3, -0.25) is 9.48 Å². The standard InChI is InChI=1S/C22H26F3N3O5/c1-3-32-21(30)20-18(22(23,24)25)17-15(33-20)5-4-14-11-28(26-19(14)17)10-13-6-8-27(9-7-13)16(29)12-31-2/h11,13H,3-10,12H2,1-2H3. The summed E-state index contributed by atoms with van der Waals surface area (Å²) in [6, 6.07) is 0. The Balaban J connectivity index is 1.56. The van der Waals surface area contributed by atoms with Gasteiger partial charge in [-0.05, 0) is 37.7 Å². The minimum Gasteiger partial charge on any atom is -0.460 e. The number of hydrogen-bond donors (Lipinski definition) is 0. The fraction of sp³-hybridized carbons (Fsp3) is 0.591. The van der Waals surface area contributed by atoms with E-state index in [9.17, 15) is 22.8 Å². The second-order valence-electron chi connectivity index (χ2n) is 8.30. The van der Waals surface area contributed by atoms with Crippen molar-refractivity contribution in [1.29, 1.82) is 0 Å². The molecule has 4 rings (SSSR count). The Morgan fingerprint density at radius 3 is 2.61 bits per heavy atom. The quantitative estimate of drug-likeness (QED) is 0.604. The number of esters is 1. The van der Waals surface area contributed by atoms with Crippen molar-refractivity contribution in [1.82, 2.24) is 14.7 Å². The highest BCUT2D eigenvalue weighted by atomic mass is 19.4. The van der Waals surface area contributed by atoms with Crippen LogP contribution in [0.2, 0.25) is 0 Å². The summed E-state index contributed by atoms with van der Waals surface area (Å²) >= 11 is 0. The highest BCUT2D eigenvalue weighted by Gasteiger charge is 2.45. The summed E-state index contributed by atoms with van der Waals surface area (Å²) in [5.41, 5.74) is -0.384. The van der Waals surface area contributed by atoms with Gasteiger partial charge in [-0.25, -0.2) is 4.79 Å². The molecule has 0 bridgehead atoms. The average Bonchev–Trinajstić information content (AvgIpc) is 3.35. The van der Waals surface area contributed by atoms with Crippen molar-refractivity contribution in [2.45, 2.75) is 45.3 Å². The molecule has 33 heavy (non-hydrogen) atoms. The van der Waals surface area contributed by atoms with Gasteiger partial charge in [-0.2, -0.15) is 18.3 Å². The molecule has 1 saturated heterocycles. The smallest absolute Gasteiger partial charge is 0.421 e. The summed E-state index contributed by atoms with van der Waals surface area (Å²) in [6.45, 7) is 3.28. The van der Waals surface area contributed by atoms with Crippen LogP contribution in [-0.2, 0) is 39.8 Å². The topological polar surface area (TPSA) is 86.8 Å². The summed E-state index contributed by atoms with van der Waals surface area (Å²) in [4.78, 5) is 25.9. The number of amides is 1. The third-order valence-electron chi connectivity index (χ3n) is 6.10. The van der Waals surface area contributed by atoms with Gasteiger partial charge in [0.25, 0.3) is 0 Å². The van der Waals surface area contributed by atoms with Crippen molar-refractivity contribution < 1.29 is 36.7 Å². The normalized spacial score (nSPS) is 16.5. The van der Waals surface area contributed by atoms with Crippen LogP contribution in [0.1, 0.15) is 47.2 Å². The van der Waals surface area contributed by atoms with Crippen molar-refractivity contribution in [3.05, 3.63) is 28.8 Å². The zero-order chi connectivity index (χ0) is 23.8. The fourth-order valence-corrected chi connectivity index (χ4v) is 4.56. The predicted octanol–water partition coefficient (Wildman–Crippen LogP) is 3.32. The first-order valence-electron chi connectivity index (χ1n) is 11.0. The number of hydrogen-bond acceptors (Lipinski definition) is 6. The van der Waals surface area contributed by atoms with Crippen LogP contribution in [0.15, 0.2) is 10.6 Å². The minimum atomic E-state index is -4.79. The highest BCUT2D eigenvalue weighted by Crippen LogP contribution is 2.46. The number of nitrogens with zero attached hydrogens (tertiary/aromatic N) is 3. The van der Waals surface area contributed by atoms with Crippen molar-refractivity contribution >= 4 is 11.9 Å². The summed E-state index contributed by atoms with van der Waals surface area (Å²) in [5.74, 6) is -1.64. The van der Waals surface area contributed by atoms with Gasteiger partial charge >= 0.3 is 12.1 Å². The number of aromatic nitrogens is 2. The molecule has 2 aromatic heterocycles. The molecule has 0 aromatic carbocycles. The van der Waals surface area contributed by atoms with Gasteiger partial charge in [0, 0.05) is 39.4 Å². The summed E-state index contributed by atoms with van der Waals surface area (Å²) in [5, 5.41) is 4.47. The maximum Gasteiger partial charge on any atom is 0.421 e. The molecule has 3 heterocycles. The Morgan fingerprint density at radius 2 is 1.97 bits per heavy atom. The molecule has 0 N–H and O–H groups in total. The lowest BCUT2D eigenvalue weighted by Gasteiger charge is -2.31. The van der Waals surface area contributed by atoms with E-state index in [4.69, 9.17) is 13.9 Å². The Hall–Kier alpha value is -2.82. The molecule has 1 aliphatic carbocycles. The lowest BCUT2D eigenvalue weighted by atomic mass is 9.93. The summed E-state index contributed by atoms with van der Waals surface area (Å²) in [6.07, 6.45) is -0.748. The zero-order valence-corrected chi connectivity index (χ0v) is 18.5. The van der Waals surface area contributed by atoms with Gasteiger partial charge in [0.2, 0.25) is 11.7 Å². The van der Waals surface area contributed by atoms with Gasteiger partial charge < -0.3 is 18.8 Å². The molecular weight excluding hydrogens is 443 g/mol. The fourth-order valence-electron chi connectivity index (χ4n) is 4.56. The number of fused-ring (bicyclic) bond motifs is 3. The first-order chi connectivity index (χ1) is 15.7. The van der Waals surface area contributed by atoms with Crippen LogP contribution in [-0.4, -0.2) is 60.0 Å². The molecule has 1 amide bonds. The number of halogens is 3. The van der Waals surface area contributed by atoms with Gasteiger partial charge in [0.05, 0.1) is 17.9 Å². The zero-order valence-electron chi connectivity index (χ0n) is 18.5. The molecule has 8 nitrogen and oxygen atoms in total. The minimum absolute atomic E-state index is 0.0462. The van der Waals surface area contributed by atoms with Gasteiger partial charge in [-0.1, -0.05) is 0 Å². The summed E-state index contributed by atoms with van der Waals surface area (Å²) < 4.78 is 58.6. The number of ether oxygens (including phenoxy) is 2. The van der Waals surface area contributed by atoms with Gasteiger partial charge in [-0.15, -0.1) is 0 Å². The Bertz CT molecular complexity index is 1030. The van der Waals surface area contributed by atoms with Crippen LogP contribution in [0.5, 0.6) is 0 Å². The summed E-state index contributed by atoms with van der Waals surface area (Å²) in [7, 11) is 1.48. The van der Waals surface area contributed by atoms with Crippen molar-refractivity contribution in [3.8, 4) is 11.3 Å². The highest BCUT2D eigenvalue weighted by molar-refractivity contribution is 5.92. The van der Waals surface area contributed by atoms with E-state index >= 15 is 0 Å². The number of likely N-dealkylation sites (tertiary alicyclic amines) is 1. The van der Waals surface area contributed by atoms with E-state index in [1.807, 2.05) is 0 Å². The van der Waals surface area contributed by atoms with Gasteiger partial charge in [0.1, 0.15) is 17.9 Å². The average molecular weight is 469 g/mol. The molecule has 1 aliphatic heterocycles. The second-order valence-corrected chi connectivity index (χ2v) is 8.30. The Kier molecular flexibility index (Phi) is 6.51. The van der Waals surface area contributed by atoms with Crippen LogP contribution < -0.4 is 0 Å². The van der Waals surface area contributed by atoms with Gasteiger partial charge in [0.15, 0.2) is 0 Å². The number of carbonyl (C=O) groups excluding carboxylic acids is 2. The molecule has 0 unspecified atom stereocenters. The molecule has 11 heteroatoms. The third kappa shape index (κ3) is 4.64. The van der Waals surface area contributed by atoms with Crippen LogP contribution in [0.25, 0.3) is 11.3 Å². The molecular formula is C22H26F3N3O5. The van der Waals surface area contributed by atoms with E-state index in [0.29, 0.717) is 31.6 Å². The number of rotatable bonds is 6. The molecule has 180 valence electrons. The van der Waals surface area contributed by atoms with Crippen LogP contribution in [0.3, 0.4) is 0 Å². The van der Waals surface area contributed by atoms with E-state index in [1.165, 1.54) is 14.0 Å². The Labute approximate surface area is 188 Å². The molecule has 0 spiro atoms. The number of alkyl halides is 3. The van der Waals surface area contributed by atoms with Crippen molar-refractivity contribution in [2.24, 2.45) is 5.92 Å². The van der Waals surface area contributed by atoms with Crippen molar-refractivity contribution in [2.75, 3.05) is 33.4 Å². The number of carbonyl (C=O) groups is 2. The van der Waals surface area contributed by atoms with Crippen molar-refractivity contribution in [3.63, 3.8) is 0 Å². The third-order valence-corrected chi connectivity index (χ3v) is 6.10. The van der Waals surface area contributed by atoms with Crippen LogP contribution in [0.4, 0.5) is 13.2 Å². The predicted molar refractivity (Wildman–Crippen MR) is 109 cm³/mol. The number of methoxy groups -OCH3 is 1. The van der Waals surface area contributed by atoms with Crippen LogP contribution >= 0.6 is 0 Å². The van der Waals surface area contributed by atoms with E-state index < -0.39 is 23.5 Å². The SMILES string of the molecule is CCOC(=O)c1oc2c(c1C(F)(F)F)-c1nn(CC3CCN(C(=O)COC)CC3)cc1CC2. The molecule has 2 aromatic rings. The van der Waals surface area contributed by atoms with Crippen LogP contribution in [0, 0.1) is 5.92 Å². The first-order valence-corrected chi connectivity index (χ1v) is 11.0. The molecule has 0 saturated carbocycles. The van der Waals surface area contributed by atoms with E-state index in [1.54, 1.807) is 15.8 Å². The second kappa shape index (κ2) is 9.20. The number of aryl methyl sites for hydroxylation is 2. The lowest BCUT2D eigenvalue weighted by Crippen LogP contribution is -2.41. The number of piperidine rings is 1. The molecule has 0 atom stereocenters. The number of furan rings is 1. The molecule has 2 aliphatic rings. The molecule has 0 radical (unpaired) electrons. The largest absolute Gasteiger partial charge is 0.460 e. The maximum atomic E-state index is 14.0. The van der Waals surface area contributed by atoms with E-state index in [-0.39, 0.29) is 48.5 Å². The van der Waals surface area contributed by atoms with E-state index in [0.717, 1.165) is 12.8 Å². The molecule has 1 fully saturated rings. The Morgan fingerprint density at radius 1 is 1.24 bits per heavy atom. The lowest BCUT2D eigenvalue weighted by molar-refractivity contribution is -0.138. The first kappa shape index (κ1) is 23.3. The monoisotopic (exact) mass is 469 g/mol. The van der Waals surface area contributed by atoms with E-state index in [2.05, 4.69) is 5.10 Å². The maximum absolute atomic E-state index is 14.0.